The molecule has 0 saturated heterocycles. The molecule has 0 spiro atoms. The maximum Gasteiger partial charge on any atom is 0.331 e. The monoisotopic (exact) mass is 384 g/mol. The molecule has 2 atom stereocenters. The van der Waals surface area contributed by atoms with Crippen LogP contribution < -0.4 is 0 Å². The van der Waals surface area contributed by atoms with Gasteiger partial charge >= 0.3 is 11.9 Å². The molecule has 2 unspecified atom stereocenters. The molecular formula is C16H14BrClO4. The van der Waals surface area contributed by atoms with E-state index < -0.39 is 23.3 Å². The number of carboxylic acids is 2. The number of allylic oxidation sites excluding steroid dienone is 2. The molecule has 0 aliphatic heterocycles. The van der Waals surface area contributed by atoms with Gasteiger partial charge in [0.1, 0.15) is 0 Å². The summed E-state index contributed by atoms with van der Waals surface area (Å²) >= 11 is 9.49. The van der Waals surface area contributed by atoms with Crippen LogP contribution in [0.1, 0.15) is 12.5 Å². The predicted molar refractivity (Wildman–Crippen MR) is 86.9 cm³/mol. The Balaban J connectivity index is 2.47. The second kappa shape index (κ2) is 6.26. The third kappa shape index (κ3) is 2.96. The van der Waals surface area contributed by atoms with Gasteiger partial charge in [0, 0.05) is 21.0 Å². The number of hydrogen-bond donors (Lipinski definition) is 2. The Morgan fingerprint density at radius 3 is 2.59 bits per heavy atom. The lowest BCUT2D eigenvalue weighted by Gasteiger charge is -2.35. The Bertz CT molecular complexity index is 695. The van der Waals surface area contributed by atoms with Crippen molar-refractivity contribution in [1.29, 1.82) is 0 Å². The number of aliphatic carboxylic acids is 2. The van der Waals surface area contributed by atoms with Gasteiger partial charge in [-0.3, -0.25) is 4.79 Å². The molecule has 0 saturated carbocycles. The van der Waals surface area contributed by atoms with Crippen molar-refractivity contribution < 1.29 is 19.8 Å². The van der Waals surface area contributed by atoms with Crippen LogP contribution >= 0.6 is 27.5 Å². The second-order valence-corrected chi connectivity index (χ2v) is 6.59. The number of halogens is 2. The van der Waals surface area contributed by atoms with Crippen LogP contribution in [-0.4, -0.2) is 22.2 Å². The van der Waals surface area contributed by atoms with Gasteiger partial charge in [-0.05, 0) is 24.1 Å². The number of rotatable bonds is 4. The lowest BCUT2D eigenvalue weighted by molar-refractivity contribution is -0.148. The average Bonchev–Trinajstić information content (AvgIpc) is 2.43. The van der Waals surface area contributed by atoms with Crippen LogP contribution in [-0.2, 0) is 16.0 Å². The zero-order chi connectivity index (χ0) is 16.5. The van der Waals surface area contributed by atoms with Crippen LogP contribution in [0.3, 0.4) is 0 Å². The van der Waals surface area contributed by atoms with Gasteiger partial charge in [-0.15, -0.1) is 0 Å². The van der Waals surface area contributed by atoms with E-state index in [0.717, 1.165) is 4.47 Å². The van der Waals surface area contributed by atoms with Crippen molar-refractivity contribution in [2.24, 2.45) is 11.3 Å². The molecule has 4 nitrogen and oxygen atoms in total. The summed E-state index contributed by atoms with van der Waals surface area (Å²) in [4.78, 5) is 23.2. The number of carboxylic acid groups (broad SMARTS) is 2. The van der Waals surface area contributed by atoms with Crippen LogP contribution in [0.2, 0.25) is 5.02 Å². The van der Waals surface area contributed by atoms with Crippen molar-refractivity contribution in [1.82, 2.24) is 0 Å². The molecule has 1 aliphatic carbocycles. The van der Waals surface area contributed by atoms with Crippen molar-refractivity contribution in [2.45, 2.75) is 13.3 Å². The average molecular weight is 386 g/mol. The van der Waals surface area contributed by atoms with Gasteiger partial charge in [0.05, 0.1) is 5.41 Å². The van der Waals surface area contributed by atoms with Gasteiger partial charge in [-0.2, -0.15) is 0 Å². The van der Waals surface area contributed by atoms with E-state index in [1.807, 2.05) is 0 Å². The van der Waals surface area contributed by atoms with E-state index in [-0.39, 0.29) is 12.0 Å². The lowest BCUT2D eigenvalue weighted by atomic mass is 9.66. The summed E-state index contributed by atoms with van der Waals surface area (Å²) in [6, 6.07) is 5.22. The Morgan fingerprint density at radius 1 is 1.36 bits per heavy atom. The topological polar surface area (TPSA) is 74.6 Å². The van der Waals surface area contributed by atoms with Gasteiger partial charge in [0.2, 0.25) is 0 Å². The lowest BCUT2D eigenvalue weighted by Crippen LogP contribution is -2.41. The molecule has 116 valence electrons. The number of carbonyl (C=O) groups is 2. The number of benzene rings is 1. The zero-order valence-corrected chi connectivity index (χ0v) is 14.1. The smallest absolute Gasteiger partial charge is 0.331 e. The Hall–Kier alpha value is -1.59. The first-order valence-electron chi connectivity index (χ1n) is 6.58. The van der Waals surface area contributed by atoms with Crippen molar-refractivity contribution >= 4 is 39.5 Å². The fourth-order valence-electron chi connectivity index (χ4n) is 2.67. The molecule has 1 aromatic carbocycles. The zero-order valence-electron chi connectivity index (χ0n) is 11.7. The quantitative estimate of drug-likeness (QED) is 0.823. The van der Waals surface area contributed by atoms with E-state index in [2.05, 4.69) is 15.9 Å². The van der Waals surface area contributed by atoms with Crippen LogP contribution in [0.5, 0.6) is 0 Å². The van der Waals surface area contributed by atoms with Crippen LogP contribution in [0, 0.1) is 11.3 Å². The van der Waals surface area contributed by atoms with Crippen LogP contribution in [0.25, 0.3) is 0 Å². The fraction of sp³-hybridized carbons (Fsp3) is 0.250. The summed E-state index contributed by atoms with van der Waals surface area (Å²) in [5, 5.41) is 19.4. The number of hydrogen-bond acceptors (Lipinski definition) is 2. The molecule has 6 heteroatoms. The molecule has 0 radical (unpaired) electrons. The van der Waals surface area contributed by atoms with Gasteiger partial charge in [0.15, 0.2) is 0 Å². The van der Waals surface area contributed by atoms with Crippen molar-refractivity contribution in [3.05, 3.63) is 57.1 Å². The Kier molecular flexibility index (Phi) is 4.78. The van der Waals surface area contributed by atoms with Crippen LogP contribution in [0.4, 0.5) is 0 Å². The standard InChI is InChI=1S/C16H14BrClO4/c1-9-12(14(19)20)3-2-6-16(9,15(21)22)8-10-4-5-11(17)7-13(10)18/h2-7,9H,8H2,1H3,(H,19,20)(H,21,22). The highest BCUT2D eigenvalue weighted by Crippen LogP contribution is 2.42. The summed E-state index contributed by atoms with van der Waals surface area (Å²) in [5.41, 5.74) is -0.589. The molecule has 0 aromatic heterocycles. The third-order valence-corrected chi connectivity index (χ3v) is 4.90. The Labute approximate surface area is 141 Å². The fourth-order valence-corrected chi connectivity index (χ4v) is 3.41. The SMILES string of the molecule is CC1C(C(=O)O)=CC=CC1(Cc1ccc(Br)cc1Cl)C(=O)O. The minimum absolute atomic E-state index is 0.0816. The normalized spacial score (nSPS) is 24.0. The van der Waals surface area contributed by atoms with Gasteiger partial charge in [-0.25, -0.2) is 4.79 Å². The molecule has 1 aliphatic rings. The maximum atomic E-state index is 11.9. The van der Waals surface area contributed by atoms with Crippen molar-refractivity contribution in [2.75, 3.05) is 0 Å². The first kappa shape index (κ1) is 16.8. The molecule has 0 fully saturated rings. The first-order chi connectivity index (χ1) is 10.3. The first-order valence-corrected chi connectivity index (χ1v) is 7.75. The summed E-state index contributed by atoms with van der Waals surface area (Å²) in [6.07, 6.45) is 4.60. The van der Waals surface area contributed by atoms with E-state index in [1.54, 1.807) is 31.2 Å². The predicted octanol–water partition coefficient (Wildman–Crippen LogP) is 3.93. The van der Waals surface area contributed by atoms with Crippen LogP contribution in [0.15, 0.2) is 46.5 Å². The summed E-state index contributed by atoms with van der Waals surface area (Å²) in [6.45, 7) is 1.62. The molecule has 22 heavy (non-hydrogen) atoms. The highest BCUT2D eigenvalue weighted by atomic mass is 79.9. The van der Waals surface area contributed by atoms with Crippen molar-refractivity contribution in [3.8, 4) is 0 Å². The third-order valence-electron chi connectivity index (χ3n) is 4.05. The molecule has 0 heterocycles. The van der Waals surface area contributed by atoms with E-state index in [0.29, 0.717) is 10.6 Å². The molecule has 1 aromatic rings. The Morgan fingerprint density at radius 2 is 2.05 bits per heavy atom. The second-order valence-electron chi connectivity index (χ2n) is 5.27. The molecule has 0 amide bonds. The van der Waals surface area contributed by atoms with E-state index >= 15 is 0 Å². The van der Waals surface area contributed by atoms with Gasteiger partial charge in [0.25, 0.3) is 0 Å². The largest absolute Gasteiger partial charge is 0.481 e. The van der Waals surface area contributed by atoms with Gasteiger partial charge < -0.3 is 10.2 Å². The minimum Gasteiger partial charge on any atom is -0.481 e. The molecule has 0 bridgehead atoms. The van der Waals surface area contributed by atoms with E-state index in [4.69, 9.17) is 11.6 Å². The summed E-state index contributed by atoms with van der Waals surface area (Å²) in [5.74, 6) is -2.85. The van der Waals surface area contributed by atoms with E-state index in [1.165, 1.54) is 12.2 Å². The molecular weight excluding hydrogens is 372 g/mol. The highest BCUT2D eigenvalue weighted by molar-refractivity contribution is 9.10. The molecule has 2 N–H and O–H groups in total. The minimum atomic E-state index is -1.33. The summed E-state index contributed by atoms with van der Waals surface area (Å²) in [7, 11) is 0. The van der Waals surface area contributed by atoms with E-state index in [9.17, 15) is 19.8 Å². The van der Waals surface area contributed by atoms with Crippen molar-refractivity contribution in [3.63, 3.8) is 0 Å². The van der Waals surface area contributed by atoms with Gasteiger partial charge in [-0.1, -0.05) is 58.7 Å². The highest BCUT2D eigenvalue weighted by Gasteiger charge is 2.46. The summed E-state index contributed by atoms with van der Waals surface area (Å²) < 4.78 is 0.795. The maximum absolute atomic E-state index is 11.9. The molecule has 2 rings (SSSR count).